The Hall–Kier alpha value is -3.63. The summed E-state index contributed by atoms with van der Waals surface area (Å²) in [6, 6.07) is 1.62. The maximum absolute atomic E-state index is 13.7. The lowest BCUT2D eigenvalue weighted by atomic mass is 10.00. The first-order valence-corrected chi connectivity index (χ1v) is 10.1. The van der Waals surface area contributed by atoms with Gasteiger partial charge in [-0.15, -0.1) is 5.10 Å². The number of rotatable bonds is 7. The molecular formula is C22H24F3N5O3. The number of aryl methyl sites for hydroxylation is 3. The van der Waals surface area contributed by atoms with Gasteiger partial charge < -0.3 is 15.0 Å². The van der Waals surface area contributed by atoms with Gasteiger partial charge >= 0.3 is 0 Å². The molecule has 8 nitrogen and oxygen atoms in total. The highest BCUT2D eigenvalue weighted by molar-refractivity contribution is 5.94. The Morgan fingerprint density at radius 2 is 1.88 bits per heavy atom. The van der Waals surface area contributed by atoms with Crippen LogP contribution in [0.4, 0.5) is 18.9 Å². The van der Waals surface area contributed by atoms with Crippen molar-refractivity contribution in [2.75, 3.05) is 26.0 Å². The second kappa shape index (κ2) is 9.47. The number of carbonyl (C=O) groups is 2. The number of methoxy groups -OCH3 is 1. The van der Waals surface area contributed by atoms with Gasteiger partial charge in [-0.25, -0.2) is 22.8 Å². The first-order chi connectivity index (χ1) is 15.5. The molecule has 3 rings (SSSR count). The number of aromatic nitrogens is 3. The first kappa shape index (κ1) is 24.0. The van der Waals surface area contributed by atoms with E-state index in [2.05, 4.69) is 15.4 Å². The highest BCUT2D eigenvalue weighted by Gasteiger charge is 2.21. The van der Waals surface area contributed by atoms with E-state index in [0.717, 1.165) is 28.3 Å². The Bertz CT molecular complexity index is 1240. The number of carbonyl (C=O) groups excluding carboxylic acids is 2. The molecule has 1 aromatic carbocycles. The van der Waals surface area contributed by atoms with Gasteiger partial charge in [0, 0.05) is 26.2 Å². The number of benzene rings is 1. The summed E-state index contributed by atoms with van der Waals surface area (Å²) in [5, 5.41) is 7.22. The van der Waals surface area contributed by atoms with Crippen LogP contribution in [0, 0.1) is 31.3 Å². The molecule has 2 amide bonds. The number of pyridine rings is 1. The van der Waals surface area contributed by atoms with E-state index in [9.17, 15) is 22.8 Å². The van der Waals surface area contributed by atoms with Crippen LogP contribution in [0.25, 0.3) is 11.0 Å². The van der Waals surface area contributed by atoms with Gasteiger partial charge in [0.1, 0.15) is 0 Å². The molecule has 1 N–H and O–H groups in total. The highest BCUT2D eigenvalue weighted by Crippen LogP contribution is 2.30. The molecule has 0 bridgehead atoms. The predicted octanol–water partition coefficient (Wildman–Crippen LogP) is 3.04. The van der Waals surface area contributed by atoms with Gasteiger partial charge in [0.15, 0.2) is 23.1 Å². The van der Waals surface area contributed by atoms with E-state index >= 15 is 0 Å². The van der Waals surface area contributed by atoms with Crippen molar-refractivity contribution >= 4 is 28.5 Å². The third kappa shape index (κ3) is 4.76. The molecule has 176 valence electrons. The van der Waals surface area contributed by atoms with Crippen LogP contribution in [-0.4, -0.2) is 52.2 Å². The number of ether oxygens (including phenoxy) is 1. The zero-order valence-corrected chi connectivity index (χ0v) is 18.9. The summed E-state index contributed by atoms with van der Waals surface area (Å²) in [5.41, 5.74) is 2.71. The van der Waals surface area contributed by atoms with Crippen molar-refractivity contribution in [3.8, 4) is 5.88 Å². The van der Waals surface area contributed by atoms with Crippen molar-refractivity contribution in [2.24, 2.45) is 7.05 Å². The Labute approximate surface area is 188 Å². The SMILES string of the molecule is COc1nn(C)c2nc(C)c(CCC(=O)N(C)CC(=O)Nc3ccc(F)c(F)c3F)c(C)c12. The van der Waals surface area contributed by atoms with E-state index in [4.69, 9.17) is 4.74 Å². The minimum absolute atomic E-state index is 0.0980. The largest absolute Gasteiger partial charge is 0.479 e. The fourth-order valence-corrected chi connectivity index (χ4v) is 3.65. The van der Waals surface area contributed by atoms with E-state index in [1.165, 1.54) is 19.1 Å². The highest BCUT2D eigenvalue weighted by atomic mass is 19.2. The second-order valence-corrected chi connectivity index (χ2v) is 7.65. The molecule has 0 aliphatic carbocycles. The number of fused-ring (bicyclic) bond motifs is 1. The van der Waals surface area contributed by atoms with Gasteiger partial charge in [-0.05, 0) is 43.5 Å². The molecule has 0 aliphatic rings. The van der Waals surface area contributed by atoms with Crippen LogP contribution in [0.3, 0.4) is 0 Å². The van der Waals surface area contributed by atoms with Crippen LogP contribution in [0.5, 0.6) is 5.88 Å². The monoisotopic (exact) mass is 463 g/mol. The van der Waals surface area contributed by atoms with Crippen molar-refractivity contribution in [2.45, 2.75) is 26.7 Å². The van der Waals surface area contributed by atoms with Gasteiger partial charge in [-0.2, -0.15) is 0 Å². The van der Waals surface area contributed by atoms with Crippen LogP contribution in [0.15, 0.2) is 12.1 Å². The van der Waals surface area contributed by atoms with E-state index in [-0.39, 0.29) is 18.9 Å². The molecule has 3 aromatic rings. The van der Waals surface area contributed by atoms with Gasteiger partial charge in [0.05, 0.1) is 24.7 Å². The van der Waals surface area contributed by atoms with E-state index < -0.39 is 29.0 Å². The zero-order valence-electron chi connectivity index (χ0n) is 18.9. The van der Waals surface area contributed by atoms with Crippen molar-refractivity contribution in [3.05, 3.63) is 46.4 Å². The third-order valence-corrected chi connectivity index (χ3v) is 5.42. The molecule has 0 aliphatic heterocycles. The van der Waals surface area contributed by atoms with Gasteiger partial charge in [0.25, 0.3) is 0 Å². The molecular weight excluding hydrogens is 439 g/mol. The minimum Gasteiger partial charge on any atom is -0.479 e. The summed E-state index contributed by atoms with van der Waals surface area (Å²) in [4.78, 5) is 30.5. The summed E-state index contributed by atoms with van der Waals surface area (Å²) in [7, 11) is 4.72. The number of nitrogens with zero attached hydrogens (tertiary/aromatic N) is 4. The Morgan fingerprint density at radius 3 is 2.55 bits per heavy atom. The molecule has 0 spiro atoms. The standard InChI is InChI=1S/C22H24F3N5O3/c1-11-13(12(2)26-21-18(11)22(33-5)28-30(21)4)6-9-17(32)29(3)10-16(31)27-15-8-7-14(23)19(24)20(15)25/h7-8H,6,9-10H2,1-5H3,(H,27,31). The Morgan fingerprint density at radius 1 is 1.18 bits per heavy atom. The minimum atomic E-state index is -1.68. The van der Waals surface area contributed by atoms with Crippen LogP contribution < -0.4 is 10.1 Å². The summed E-state index contributed by atoms with van der Waals surface area (Å²) >= 11 is 0. The van der Waals surface area contributed by atoms with E-state index in [0.29, 0.717) is 24.0 Å². The zero-order chi connectivity index (χ0) is 24.4. The number of hydrogen-bond donors (Lipinski definition) is 1. The van der Waals surface area contributed by atoms with Crippen molar-refractivity contribution < 1.29 is 27.5 Å². The number of nitrogens with one attached hydrogen (secondary N) is 1. The van der Waals surface area contributed by atoms with Crippen LogP contribution in [0.2, 0.25) is 0 Å². The number of hydrogen-bond acceptors (Lipinski definition) is 5. The summed E-state index contributed by atoms with van der Waals surface area (Å²) in [6.45, 7) is 3.37. The van der Waals surface area contributed by atoms with Crippen molar-refractivity contribution in [1.82, 2.24) is 19.7 Å². The lowest BCUT2D eigenvalue weighted by Gasteiger charge is -2.18. The third-order valence-electron chi connectivity index (χ3n) is 5.42. The fraction of sp³-hybridized carbons (Fsp3) is 0.364. The normalized spacial score (nSPS) is 11.0. The van der Waals surface area contributed by atoms with Crippen LogP contribution in [0.1, 0.15) is 23.2 Å². The van der Waals surface area contributed by atoms with E-state index in [1.807, 2.05) is 13.8 Å². The Balaban J connectivity index is 1.66. The average molecular weight is 463 g/mol. The molecule has 0 atom stereocenters. The number of amides is 2. The Kier molecular flexibility index (Phi) is 6.89. The molecule has 2 heterocycles. The molecule has 0 saturated heterocycles. The quantitative estimate of drug-likeness (QED) is 0.544. The lowest BCUT2D eigenvalue weighted by Crippen LogP contribution is -2.35. The molecule has 11 heteroatoms. The smallest absolute Gasteiger partial charge is 0.244 e. The number of likely N-dealkylation sites (N-methyl/N-ethyl adjacent to an activating group) is 1. The summed E-state index contributed by atoms with van der Waals surface area (Å²) < 4.78 is 47.1. The topological polar surface area (TPSA) is 89.3 Å². The molecule has 0 saturated carbocycles. The lowest BCUT2D eigenvalue weighted by molar-refractivity contribution is -0.133. The molecule has 0 radical (unpaired) electrons. The van der Waals surface area contributed by atoms with Crippen molar-refractivity contribution in [1.29, 1.82) is 0 Å². The molecule has 2 aromatic heterocycles. The summed E-state index contributed by atoms with van der Waals surface area (Å²) in [6.07, 6.45) is 0.474. The second-order valence-electron chi connectivity index (χ2n) is 7.65. The predicted molar refractivity (Wildman–Crippen MR) is 115 cm³/mol. The fourth-order valence-electron chi connectivity index (χ4n) is 3.65. The van der Waals surface area contributed by atoms with Crippen molar-refractivity contribution in [3.63, 3.8) is 0 Å². The average Bonchev–Trinajstić information content (AvgIpc) is 3.09. The number of anilines is 1. The van der Waals surface area contributed by atoms with E-state index in [1.54, 1.807) is 11.7 Å². The first-order valence-electron chi connectivity index (χ1n) is 10.1. The number of halogens is 3. The van der Waals surface area contributed by atoms with Gasteiger partial charge in [0.2, 0.25) is 17.7 Å². The maximum atomic E-state index is 13.7. The molecule has 33 heavy (non-hydrogen) atoms. The molecule has 0 fully saturated rings. The maximum Gasteiger partial charge on any atom is 0.244 e. The van der Waals surface area contributed by atoms with Gasteiger partial charge in [-0.3, -0.25) is 9.59 Å². The summed E-state index contributed by atoms with van der Waals surface area (Å²) in [5.74, 6) is -5.17. The van der Waals surface area contributed by atoms with Crippen LogP contribution in [-0.2, 0) is 23.1 Å². The van der Waals surface area contributed by atoms with Crippen LogP contribution >= 0.6 is 0 Å². The van der Waals surface area contributed by atoms with Gasteiger partial charge in [-0.1, -0.05) is 0 Å². The molecule has 0 unspecified atom stereocenters.